The molecule has 1 fully saturated rings. The molecule has 6 nitrogen and oxygen atoms in total. The van der Waals surface area contributed by atoms with E-state index in [1.165, 1.54) is 16.2 Å². The molecule has 0 bridgehead atoms. The highest BCUT2D eigenvalue weighted by atomic mass is 32.1. The van der Waals surface area contributed by atoms with Crippen molar-refractivity contribution in [2.24, 2.45) is 5.92 Å². The Bertz CT molecular complexity index is 765. The number of hydrogen-bond donors (Lipinski definition) is 0. The van der Waals surface area contributed by atoms with Gasteiger partial charge < -0.3 is 24.3 Å². The molecule has 0 aliphatic carbocycles. The average Bonchev–Trinajstić information content (AvgIpc) is 3.16. The first-order valence-corrected chi connectivity index (χ1v) is 9.93. The SMILES string of the molecule is O=C([O-])N1CCC(CCOc2ccc(Cc3cncs3)cc2OC(F)F)CC1. The Morgan fingerprint density at radius 3 is 2.75 bits per heavy atom. The molecule has 152 valence electrons. The monoisotopic (exact) mass is 411 g/mol. The molecule has 1 aliphatic rings. The van der Waals surface area contributed by atoms with Crippen LogP contribution >= 0.6 is 11.3 Å². The minimum atomic E-state index is -2.94. The van der Waals surface area contributed by atoms with Crippen LogP contribution in [0.5, 0.6) is 11.5 Å². The highest BCUT2D eigenvalue weighted by molar-refractivity contribution is 7.09. The first-order valence-electron chi connectivity index (χ1n) is 9.05. The van der Waals surface area contributed by atoms with E-state index in [-0.39, 0.29) is 11.5 Å². The number of halogens is 2. The summed E-state index contributed by atoms with van der Waals surface area (Å²) in [5, 5.41) is 10.8. The third-order valence-corrected chi connectivity index (χ3v) is 5.52. The number of thiazole rings is 1. The second-order valence-corrected chi connectivity index (χ2v) is 7.61. The summed E-state index contributed by atoms with van der Waals surface area (Å²) in [4.78, 5) is 17.2. The first kappa shape index (κ1) is 20.3. The molecule has 9 heteroatoms. The molecule has 28 heavy (non-hydrogen) atoms. The van der Waals surface area contributed by atoms with Crippen LogP contribution in [0.2, 0.25) is 0 Å². The molecule has 1 aliphatic heterocycles. The van der Waals surface area contributed by atoms with Gasteiger partial charge in [0, 0.05) is 30.6 Å². The lowest BCUT2D eigenvalue weighted by atomic mass is 9.94. The van der Waals surface area contributed by atoms with Gasteiger partial charge in [0.1, 0.15) is 6.09 Å². The van der Waals surface area contributed by atoms with Crippen molar-refractivity contribution in [3.8, 4) is 11.5 Å². The zero-order valence-corrected chi connectivity index (χ0v) is 16.0. The Morgan fingerprint density at radius 2 is 2.11 bits per heavy atom. The number of piperidine rings is 1. The van der Waals surface area contributed by atoms with E-state index in [4.69, 9.17) is 4.74 Å². The van der Waals surface area contributed by atoms with E-state index in [1.54, 1.807) is 23.8 Å². The van der Waals surface area contributed by atoms with Crippen LogP contribution in [0.15, 0.2) is 29.9 Å². The Hall–Kier alpha value is -2.42. The van der Waals surface area contributed by atoms with E-state index in [0.717, 1.165) is 29.7 Å². The van der Waals surface area contributed by atoms with Gasteiger partial charge in [0.2, 0.25) is 0 Å². The average molecular weight is 411 g/mol. The largest absolute Gasteiger partial charge is 0.530 e. The fourth-order valence-corrected chi connectivity index (χ4v) is 3.87. The number of ether oxygens (including phenoxy) is 2. The van der Waals surface area contributed by atoms with Crippen molar-refractivity contribution in [3.63, 3.8) is 0 Å². The summed E-state index contributed by atoms with van der Waals surface area (Å²) >= 11 is 1.50. The summed E-state index contributed by atoms with van der Waals surface area (Å²) in [5.74, 6) is 0.630. The molecule has 1 amide bonds. The molecule has 1 aromatic carbocycles. The maximum absolute atomic E-state index is 12.8. The number of alkyl halides is 2. The topological polar surface area (TPSA) is 74.7 Å². The Kier molecular flexibility index (Phi) is 7.02. The summed E-state index contributed by atoms with van der Waals surface area (Å²) in [6.45, 7) is -1.67. The zero-order valence-electron chi connectivity index (χ0n) is 15.2. The van der Waals surface area contributed by atoms with Gasteiger partial charge in [-0.25, -0.2) is 0 Å². The molecule has 1 aromatic heterocycles. The third-order valence-electron chi connectivity index (χ3n) is 4.74. The predicted octanol–water partition coefficient (Wildman–Crippen LogP) is 3.16. The molecular formula is C19H21F2N2O4S-. The summed E-state index contributed by atoms with van der Waals surface area (Å²) in [7, 11) is 0. The van der Waals surface area contributed by atoms with Crippen LogP contribution in [0.4, 0.5) is 13.6 Å². The number of amides is 1. The number of carbonyl (C=O) groups excluding carboxylic acids is 1. The maximum atomic E-state index is 12.8. The second kappa shape index (κ2) is 9.68. The summed E-state index contributed by atoms with van der Waals surface area (Å²) in [6.07, 6.45) is 3.40. The molecular weight excluding hydrogens is 390 g/mol. The summed E-state index contributed by atoms with van der Waals surface area (Å²) in [6, 6.07) is 5.04. The van der Waals surface area contributed by atoms with E-state index in [9.17, 15) is 18.7 Å². The number of carbonyl (C=O) groups is 1. The van der Waals surface area contributed by atoms with Gasteiger partial charge in [-0.15, -0.1) is 11.3 Å². The van der Waals surface area contributed by atoms with E-state index >= 15 is 0 Å². The van der Waals surface area contributed by atoms with Crippen LogP contribution in [0.3, 0.4) is 0 Å². The number of benzene rings is 1. The molecule has 0 radical (unpaired) electrons. The molecule has 2 aromatic rings. The Labute approximate surface area is 165 Å². The lowest BCUT2D eigenvalue weighted by Gasteiger charge is -2.33. The van der Waals surface area contributed by atoms with Gasteiger partial charge in [-0.2, -0.15) is 8.78 Å². The Morgan fingerprint density at radius 1 is 1.32 bits per heavy atom. The fourth-order valence-electron chi connectivity index (χ4n) is 3.24. The molecule has 0 saturated carbocycles. The fraction of sp³-hybridized carbons (Fsp3) is 0.474. The van der Waals surface area contributed by atoms with Gasteiger partial charge in [-0.05, 0) is 42.9 Å². The number of rotatable bonds is 8. The highest BCUT2D eigenvalue weighted by Gasteiger charge is 2.19. The lowest BCUT2D eigenvalue weighted by molar-refractivity contribution is -0.266. The summed E-state index contributed by atoms with van der Waals surface area (Å²) < 4.78 is 35.9. The molecule has 1 saturated heterocycles. The number of nitrogens with zero attached hydrogens (tertiary/aromatic N) is 2. The predicted molar refractivity (Wildman–Crippen MR) is 97.8 cm³/mol. The van der Waals surface area contributed by atoms with Gasteiger partial charge >= 0.3 is 6.61 Å². The van der Waals surface area contributed by atoms with E-state index in [2.05, 4.69) is 9.72 Å². The second-order valence-electron chi connectivity index (χ2n) is 6.64. The van der Waals surface area contributed by atoms with Gasteiger partial charge in [0.25, 0.3) is 0 Å². The van der Waals surface area contributed by atoms with E-state index in [1.807, 2.05) is 6.07 Å². The number of hydrogen-bond acceptors (Lipinski definition) is 6. The van der Waals surface area contributed by atoms with Crippen molar-refractivity contribution in [1.29, 1.82) is 0 Å². The van der Waals surface area contributed by atoms with Crippen molar-refractivity contribution in [2.75, 3.05) is 19.7 Å². The minimum Gasteiger partial charge on any atom is -0.530 e. The zero-order chi connectivity index (χ0) is 19.9. The van der Waals surface area contributed by atoms with Crippen molar-refractivity contribution in [3.05, 3.63) is 40.3 Å². The van der Waals surface area contributed by atoms with Crippen molar-refractivity contribution < 1.29 is 28.2 Å². The van der Waals surface area contributed by atoms with Crippen molar-refractivity contribution in [1.82, 2.24) is 9.88 Å². The van der Waals surface area contributed by atoms with Crippen LogP contribution in [0.25, 0.3) is 0 Å². The normalized spacial score (nSPS) is 15.0. The number of carboxylic acid groups (broad SMARTS) is 1. The van der Waals surface area contributed by atoms with Gasteiger partial charge in [0.15, 0.2) is 11.5 Å². The maximum Gasteiger partial charge on any atom is 0.387 e. The van der Waals surface area contributed by atoms with Crippen LogP contribution < -0.4 is 14.6 Å². The van der Waals surface area contributed by atoms with Crippen LogP contribution in [0.1, 0.15) is 29.7 Å². The molecule has 0 spiro atoms. The molecule has 0 unspecified atom stereocenters. The van der Waals surface area contributed by atoms with Gasteiger partial charge in [-0.1, -0.05) is 6.07 Å². The Balaban J connectivity index is 1.55. The molecule has 0 N–H and O–H groups in total. The first-order chi connectivity index (χ1) is 13.5. The number of aromatic nitrogens is 1. The van der Waals surface area contributed by atoms with Crippen LogP contribution in [0, 0.1) is 5.92 Å². The molecule has 0 atom stereocenters. The summed E-state index contributed by atoms with van der Waals surface area (Å²) in [5.41, 5.74) is 2.56. The smallest absolute Gasteiger partial charge is 0.387 e. The van der Waals surface area contributed by atoms with Gasteiger partial charge in [0.05, 0.1) is 12.1 Å². The van der Waals surface area contributed by atoms with Gasteiger partial charge in [-0.3, -0.25) is 4.98 Å². The van der Waals surface area contributed by atoms with E-state index < -0.39 is 12.7 Å². The van der Waals surface area contributed by atoms with Crippen LogP contribution in [-0.4, -0.2) is 42.3 Å². The van der Waals surface area contributed by atoms with Crippen LogP contribution in [-0.2, 0) is 6.42 Å². The lowest BCUT2D eigenvalue weighted by Crippen LogP contribution is -2.45. The number of likely N-dealkylation sites (tertiary alicyclic amines) is 1. The molecule has 3 rings (SSSR count). The minimum absolute atomic E-state index is 0.0174. The highest BCUT2D eigenvalue weighted by Crippen LogP contribution is 2.32. The standard InChI is InChI=1S/C19H22F2N2O4S/c20-18(21)27-17-10-14(9-15-11-22-12-28-15)1-2-16(17)26-8-5-13-3-6-23(7-4-13)19(24)25/h1-2,10-13,18H,3-9H2,(H,24,25)/p-1. The van der Waals surface area contributed by atoms with E-state index in [0.29, 0.717) is 32.0 Å². The van der Waals surface area contributed by atoms with Crippen molar-refractivity contribution in [2.45, 2.75) is 32.3 Å². The third kappa shape index (κ3) is 5.79. The quantitative estimate of drug-likeness (QED) is 0.667. The molecule has 2 heterocycles. The van der Waals surface area contributed by atoms with Crippen molar-refractivity contribution >= 4 is 17.4 Å².